The van der Waals surface area contributed by atoms with Crippen LogP contribution in [-0.4, -0.2) is 110 Å². The highest BCUT2D eigenvalue weighted by Gasteiger charge is 2.76. The Bertz CT molecular complexity index is 2420. The van der Waals surface area contributed by atoms with Gasteiger partial charge in [0.05, 0.1) is 17.5 Å². The van der Waals surface area contributed by atoms with Gasteiger partial charge in [0.1, 0.15) is 18.7 Å². The summed E-state index contributed by atoms with van der Waals surface area (Å²) in [7, 11) is 0. The molecule has 5 amide bonds. The van der Waals surface area contributed by atoms with Crippen LogP contribution >= 0.6 is 11.8 Å². The zero-order chi connectivity index (χ0) is 48.9. The number of imide groups is 1. The molecule has 15 nitrogen and oxygen atoms in total. The molecule has 364 valence electrons. The molecule has 4 aliphatic carbocycles. The summed E-state index contributed by atoms with van der Waals surface area (Å²) in [6.45, 7) is 10.4. The number of benzene rings is 2. The van der Waals surface area contributed by atoms with E-state index in [1.165, 1.54) is 25.6 Å². The smallest absolute Gasteiger partial charge is 0.246 e. The Hall–Kier alpha value is -5.00. The lowest BCUT2D eigenvalue weighted by atomic mass is 9.46. The molecule has 13 atom stereocenters. The van der Waals surface area contributed by atoms with E-state index in [4.69, 9.17) is 9.47 Å². The Labute approximate surface area is 401 Å². The molecule has 5 N–H and O–H groups in total. The first-order chi connectivity index (χ1) is 32.3. The SMILES string of the molecule is CCC(C)SC1CC(=O)N(CCC(=O)N[C@@H](C)C(=O)N[C@@H](C)C(=O)Nc2cccc(Cc3ccc([C@@H]4O[C@@H]5CC6[C@@H]7CCC8=CC(=O)C=C[C@]8(C)C7[C@@H](O)C[C@]6(C)[C@]5(C(=O)CO)O4)cc3)c2)C1=O. The zero-order valence-corrected chi connectivity index (χ0v) is 40.4. The monoisotopic (exact) mass is 952 g/mol. The molecule has 2 aromatic rings. The van der Waals surface area contributed by atoms with Crippen molar-refractivity contribution in [3.05, 3.63) is 89.0 Å². The van der Waals surface area contributed by atoms with E-state index in [1.807, 2.05) is 69.3 Å². The number of aliphatic hydroxyl groups is 2. The third-order valence-electron chi connectivity index (χ3n) is 15.9. The molecule has 2 aromatic carbocycles. The number of anilines is 1. The van der Waals surface area contributed by atoms with E-state index in [-0.39, 0.29) is 60.0 Å². The highest BCUT2D eigenvalue weighted by Crippen LogP contribution is 2.70. The number of thioether (sulfide) groups is 1. The molecule has 0 bridgehead atoms. The highest BCUT2D eigenvalue weighted by atomic mass is 32.2. The number of ketones is 2. The Kier molecular flexibility index (Phi) is 14.1. The van der Waals surface area contributed by atoms with Gasteiger partial charge in [-0.2, -0.15) is 0 Å². The number of ether oxygens (including phenoxy) is 2. The summed E-state index contributed by atoms with van der Waals surface area (Å²) in [6.07, 6.45) is 6.72. The Morgan fingerprint density at radius 1 is 0.971 bits per heavy atom. The number of nitrogens with one attached hydrogen (secondary N) is 3. The lowest BCUT2D eigenvalue weighted by Gasteiger charge is -2.59. The van der Waals surface area contributed by atoms with Gasteiger partial charge in [0, 0.05) is 52.6 Å². The van der Waals surface area contributed by atoms with Gasteiger partial charge < -0.3 is 35.6 Å². The molecule has 3 saturated carbocycles. The number of allylic oxidation sites excluding steroid dienone is 4. The van der Waals surface area contributed by atoms with Gasteiger partial charge in [-0.15, -0.1) is 11.8 Å². The fourth-order valence-electron chi connectivity index (χ4n) is 12.2. The van der Waals surface area contributed by atoms with Crippen LogP contribution in [0, 0.1) is 28.6 Å². The van der Waals surface area contributed by atoms with Crippen molar-refractivity contribution in [3.63, 3.8) is 0 Å². The Morgan fingerprint density at radius 3 is 2.43 bits per heavy atom. The molecule has 2 saturated heterocycles. The Morgan fingerprint density at radius 2 is 1.71 bits per heavy atom. The minimum atomic E-state index is -1.45. The molecule has 8 rings (SSSR count). The van der Waals surface area contributed by atoms with Crippen LogP contribution in [0.3, 0.4) is 0 Å². The first kappa shape index (κ1) is 49.4. The minimum absolute atomic E-state index is 0.0113. The van der Waals surface area contributed by atoms with Gasteiger partial charge in [-0.1, -0.05) is 75.7 Å². The first-order valence-corrected chi connectivity index (χ1v) is 24.9. The largest absolute Gasteiger partial charge is 0.393 e. The average Bonchev–Trinajstić information content (AvgIpc) is 3.90. The molecule has 0 radical (unpaired) electrons. The molecule has 2 heterocycles. The fraction of sp³-hybridized carbons (Fsp3) is 0.558. The average molecular weight is 953 g/mol. The third-order valence-corrected chi connectivity index (χ3v) is 17.4. The summed E-state index contributed by atoms with van der Waals surface area (Å²) in [5.41, 5.74) is 1.43. The highest BCUT2D eigenvalue weighted by molar-refractivity contribution is 8.01. The minimum Gasteiger partial charge on any atom is -0.393 e. The molecule has 68 heavy (non-hydrogen) atoms. The van der Waals surface area contributed by atoms with Gasteiger partial charge in [-0.3, -0.25) is 38.5 Å². The van der Waals surface area contributed by atoms with Gasteiger partial charge in [0.25, 0.3) is 0 Å². The van der Waals surface area contributed by atoms with Crippen LogP contribution in [-0.2, 0) is 49.5 Å². The first-order valence-electron chi connectivity index (χ1n) is 24.0. The quantitative estimate of drug-likeness (QED) is 0.142. The van der Waals surface area contributed by atoms with Crippen LogP contribution < -0.4 is 16.0 Å². The molecule has 5 fully saturated rings. The zero-order valence-electron chi connectivity index (χ0n) is 39.6. The number of nitrogens with zero attached hydrogens (tertiary/aromatic N) is 1. The summed E-state index contributed by atoms with van der Waals surface area (Å²) in [6, 6.07) is 13.1. The molecule has 0 spiro atoms. The number of rotatable bonds is 16. The maximum atomic E-state index is 14.0. The molecule has 4 unspecified atom stereocenters. The second-order valence-electron chi connectivity index (χ2n) is 20.1. The van der Waals surface area contributed by atoms with Crippen LogP contribution in [0.1, 0.15) is 109 Å². The van der Waals surface area contributed by atoms with Crippen LogP contribution in [0.25, 0.3) is 0 Å². The van der Waals surface area contributed by atoms with Crippen molar-refractivity contribution in [1.29, 1.82) is 0 Å². The van der Waals surface area contributed by atoms with E-state index in [1.54, 1.807) is 18.2 Å². The molecule has 2 aliphatic heterocycles. The van der Waals surface area contributed by atoms with Crippen LogP contribution in [0.4, 0.5) is 5.69 Å². The predicted octanol–water partition coefficient (Wildman–Crippen LogP) is 4.88. The van der Waals surface area contributed by atoms with Crippen molar-refractivity contribution in [3.8, 4) is 0 Å². The van der Waals surface area contributed by atoms with E-state index in [9.17, 15) is 43.8 Å². The van der Waals surface area contributed by atoms with E-state index >= 15 is 0 Å². The number of carbonyl (C=O) groups excluding carboxylic acids is 7. The third kappa shape index (κ3) is 9.02. The van der Waals surface area contributed by atoms with Crippen LogP contribution in [0.5, 0.6) is 0 Å². The molecular weight excluding hydrogens is 889 g/mol. The van der Waals surface area contributed by atoms with Crippen molar-refractivity contribution in [2.24, 2.45) is 28.6 Å². The summed E-state index contributed by atoms with van der Waals surface area (Å²) >= 11 is 1.46. The topological polar surface area (TPSA) is 218 Å². The lowest BCUT2D eigenvalue weighted by molar-refractivity contribution is -0.201. The van der Waals surface area contributed by atoms with Gasteiger partial charge in [-0.05, 0) is 99.6 Å². The standard InChI is InChI=1S/C52H64N4O11S/c1-7-28(2)68-40-25-44(62)56(48(40)65)20-18-43(61)53-29(3)46(63)54-30(4)47(64)55-35-10-8-9-32(22-35)21-31-11-13-33(14-12-31)49-66-42-24-38-37-16-15-34-23-36(58)17-19-50(34,5)45(37)39(59)26-51(38,6)52(42,67-49)41(60)27-57/h8-14,17,19,22-23,28-30,37-40,42,45,49,57,59H,7,15-16,18,20-21,24-27H2,1-6H3,(H,53,61)(H,54,63)(H,55,64)/t28?,29-,30-,37-,38?,39-,40?,42+,45?,49+,50-,51-,52+/m0/s1. The van der Waals surface area contributed by atoms with E-state index in [0.717, 1.165) is 40.9 Å². The van der Waals surface area contributed by atoms with Gasteiger partial charge in [-0.25, -0.2) is 0 Å². The van der Waals surface area contributed by atoms with Crippen LogP contribution in [0.15, 0.2) is 72.3 Å². The van der Waals surface area contributed by atoms with Crippen molar-refractivity contribution in [1.82, 2.24) is 15.5 Å². The number of likely N-dealkylation sites (tertiary alicyclic amines) is 1. The van der Waals surface area contributed by atoms with Gasteiger partial charge in [0.15, 0.2) is 23.5 Å². The van der Waals surface area contributed by atoms with Crippen molar-refractivity contribution >= 4 is 58.6 Å². The molecule has 6 aliphatic rings. The van der Waals surface area contributed by atoms with E-state index in [0.29, 0.717) is 30.5 Å². The van der Waals surface area contributed by atoms with Crippen molar-refractivity contribution < 1.29 is 53.2 Å². The summed E-state index contributed by atoms with van der Waals surface area (Å²) in [5, 5.41) is 30.2. The normalized spacial score (nSPS) is 32.8. The number of hydrogen-bond acceptors (Lipinski definition) is 12. The number of hydrogen-bond donors (Lipinski definition) is 5. The fourth-order valence-corrected chi connectivity index (χ4v) is 13.5. The molecule has 16 heteroatoms. The maximum absolute atomic E-state index is 14.0. The molecular formula is C52H64N4O11S. The number of carbonyl (C=O) groups is 7. The van der Waals surface area contributed by atoms with Gasteiger partial charge in [0.2, 0.25) is 29.5 Å². The van der Waals surface area contributed by atoms with E-state index in [2.05, 4.69) is 22.9 Å². The number of aliphatic hydroxyl groups excluding tert-OH is 2. The summed E-state index contributed by atoms with van der Waals surface area (Å²) in [4.78, 5) is 91.4. The summed E-state index contributed by atoms with van der Waals surface area (Å²) < 4.78 is 13.4. The number of amides is 5. The second-order valence-corrected chi connectivity index (χ2v) is 21.8. The lowest BCUT2D eigenvalue weighted by Crippen LogP contribution is -2.63. The summed E-state index contributed by atoms with van der Waals surface area (Å²) in [5.74, 6) is -2.71. The number of fused-ring (bicyclic) bond motifs is 7. The second kappa shape index (κ2) is 19.4. The Balaban J connectivity index is 0.838. The van der Waals surface area contributed by atoms with Crippen molar-refractivity contribution in [2.75, 3.05) is 18.5 Å². The number of Topliss-reactive ketones (excluding diaryl/α,β-unsaturated/α-hetero) is 1. The predicted molar refractivity (Wildman–Crippen MR) is 254 cm³/mol. The van der Waals surface area contributed by atoms with Crippen LogP contribution in [0.2, 0.25) is 0 Å². The van der Waals surface area contributed by atoms with Gasteiger partial charge >= 0.3 is 0 Å². The van der Waals surface area contributed by atoms with Crippen molar-refractivity contribution in [2.45, 2.75) is 140 Å². The molecule has 0 aromatic heterocycles. The maximum Gasteiger partial charge on any atom is 0.246 e. The van der Waals surface area contributed by atoms with E-state index < -0.39 is 82.4 Å².